The molecule has 0 unspecified atom stereocenters. The Morgan fingerprint density at radius 2 is 1.83 bits per heavy atom. The van der Waals surface area contributed by atoms with E-state index in [1.54, 1.807) is 0 Å². The summed E-state index contributed by atoms with van der Waals surface area (Å²) in [7, 11) is 0. The third kappa shape index (κ3) is 3.30. The molecule has 1 heterocycles. The molecule has 0 N–H and O–H groups in total. The summed E-state index contributed by atoms with van der Waals surface area (Å²) >= 11 is 14.8. The first kappa shape index (κ1) is 10.3. The van der Waals surface area contributed by atoms with Crippen molar-refractivity contribution in [3.63, 3.8) is 0 Å². The van der Waals surface area contributed by atoms with Crippen LogP contribution in [0.5, 0.6) is 0 Å². The monoisotopic (exact) mass is 267 g/mol. The van der Waals surface area contributed by atoms with Crippen molar-refractivity contribution in [1.29, 1.82) is 0 Å². The van der Waals surface area contributed by atoms with Crippen LogP contribution in [0.3, 0.4) is 0 Å². The van der Waals surface area contributed by atoms with Gasteiger partial charge >= 0.3 is 0 Å². The molecule has 4 heteroatoms. The first-order chi connectivity index (χ1) is 5.72. The van der Waals surface area contributed by atoms with E-state index in [1.165, 1.54) is 0 Å². The SMILES string of the molecule is Clc1cc(CCCBr)cc(Cl)n1. The van der Waals surface area contributed by atoms with Crippen LogP contribution < -0.4 is 0 Å². The number of aromatic nitrogens is 1. The summed E-state index contributed by atoms with van der Waals surface area (Å²) < 4.78 is 0. The molecule has 1 aromatic heterocycles. The lowest BCUT2D eigenvalue weighted by Crippen LogP contribution is -1.88. The third-order valence-electron chi connectivity index (χ3n) is 1.42. The van der Waals surface area contributed by atoms with Crippen molar-refractivity contribution in [3.05, 3.63) is 28.0 Å². The Labute approximate surface area is 90.2 Å². The Morgan fingerprint density at radius 1 is 1.25 bits per heavy atom. The average molecular weight is 269 g/mol. The maximum Gasteiger partial charge on any atom is 0.131 e. The molecule has 1 aromatic rings. The molecule has 66 valence electrons. The van der Waals surface area contributed by atoms with E-state index in [1.807, 2.05) is 12.1 Å². The Balaban J connectivity index is 2.72. The molecule has 0 amide bonds. The van der Waals surface area contributed by atoms with Crippen LogP contribution in [0.2, 0.25) is 10.3 Å². The van der Waals surface area contributed by atoms with Gasteiger partial charge in [-0.1, -0.05) is 39.1 Å². The lowest BCUT2D eigenvalue weighted by atomic mass is 10.2. The molecule has 0 saturated heterocycles. The minimum atomic E-state index is 0.465. The molecule has 0 spiro atoms. The van der Waals surface area contributed by atoms with Gasteiger partial charge in [0, 0.05) is 5.33 Å². The lowest BCUT2D eigenvalue weighted by molar-refractivity contribution is 0.935. The fourth-order valence-corrected chi connectivity index (χ4v) is 1.72. The summed E-state index contributed by atoms with van der Waals surface area (Å²) in [5.74, 6) is 0. The van der Waals surface area contributed by atoms with Crippen LogP contribution in [0.1, 0.15) is 12.0 Å². The predicted octanol–water partition coefficient (Wildman–Crippen LogP) is 3.72. The van der Waals surface area contributed by atoms with Crippen LogP contribution in [0, 0.1) is 0 Å². The van der Waals surface area contributed by atoms with Crippen molar-refractivity contribution in [1.82, 2.24) is 4.98 Å². The second kappa shape index (κ2) is 5.05. The van der Waals surface area contributed by atoms with E-state index in [0.29, 0.717) is 10.3 Å². The summed E-state index contributed by atoms with van der Waals surface area (Å²) in [4.78, 5) is 3.86. The summed E-state index contributed by atoms with van der Waals surface area (Å²) in [6.45, 7) is 0. The van der Waals surface area contributed by atoms with Gasteiger partial charge in [-0.15, -0.1) is 0 Å². The highest BCUT2D eigenvalue weighted by Crippen LogP contribution is 2.15. The van der Waals surface area contributed by atoms with E-state index < -0.39 is 0 Å². The standard InChI is InChI=1S/C8H8BrCl2N/c9-3-1-2-6-4-7(10)12-8(11)5-6/h4-5H,1-3H2. The Hall–Kier alpha value is 0.210. The van der Waals surface area contributed by atoms with Gasteiger partial charge in [-0.05, 0) is 30.5 Å². The van der Waals surface area contributed by atoms with Gasteiger partial charge in [0.25, 0.3) is 0 Å². The first-order valence-corrected chi connectivity index (χ1v) is 5.48. The van der Waals surface area contributed by atoms with Crippen LogP contribution in [0.25, 0.3) is 0 Å². The largest absolute Gasteiger partial charge is 0.224 e. The summed E-state index contributed by atoms with van der Waals surface area (Å²) in [5.41, 5.74) is 1.14. The highest BCUT2D eigenvalue weighted by Gasteiger charge is 1.98. The van der Waals surface area contributed by atoms with Crippen molar-refractivity contribution < 1.29 is 0 Å². The first-order valence-electron chi connectivity index (χ1n) is 3.60. The van der Waals surface area contributed by atoms with Crippen molar-refractivity contribution in [2.24, 2.45) is 0 Å². The van der Waals surface area contributed by atoms with Gasteiger partial charge in [-0.2, -0.15) is 0 Å². The van der Waals surface area contributed by atoms with E-state index in [0.717, 1.165) is 23.7 Å². The van der Waals surface area contributed by atoms with Crippen LogP contribution in [-0.2, 0) is 6.42 Å². The molecular weight excluding hydrogens is 261 g/mol. The van der Waals surface area contributed by atoms with Crippen molar-refractivity contribution >= 4 is 39.1 Å². The normalized spacial score (nSPS) is 10.2. The fraction of sp³-hybridized carbons (Fsp3) is 0.375. The fourth-order valence-electron chi connectivity index (χ4n) is 0.929. The maximum atomic E-state index is 5.72. The molecular formula is C8H8BrCl2N. The molecule has 1 rings (SSSR count). The van der Waals surface area contributed by atoms with Gasteiger partial charge in [0.15, 0.2) is 0 Å². The second-order valence-electron chi connectivity index (χ2n) is 2.41. The third-order valence-corrected chi connectivity index (χ3v) is 2.37. The number of pyridine rings is 1. The van der Waals surface area contributed by atoms with E-state index in [4.69, 9.17) is 23.2 Å². The van der Waals surface area contributed by atoms with Crippen molar-refractivity contribution in [2.45, 2.75) is 12.8 Å². The van der Waals surface area contributed by atoms with Gasteiger partial charge in [0.05, 0.1) is 0 Å². The minimum absolute atomic E-state index is 0.465. The number of aryl methyl sites for hydroxylation is 1. The van der Waals surface area contributed by atoms with Gasteiger partial charge in [-0.3, -0.25) is 0 Å². The molecule has 0 aliphatic heterocycles. The van der Waals surface area contributed by atoms with Gasteiger partial charge in [-0.25, -0.2) is 4.98 Å². The molecule has 0 saturated carbocycles. The Bertz CT molecular complexity index is 245. The zero-order chi connectivity index (χ0) is 8.97. The number of nitrogens with zero attached hydrogens (tertiary/aromatic N) is 1. The van der Waals surface area contributed by atoms with Crippen molar-refractivity contribution in [2.75, 3.05) is 5.33 Å². The smallest absolute Gasteiger partial charge is 0.131 e. The van der Waals surface area contributed by atoms with Crippen LogP contribution in [0.15, 0.2) is 12.1 Å². The Kier molecular flexibility index (Phi) is 4.33. The molecule has 0 atom stereocenters. The number of hydrogen-bond acceptors (Lipinski definition) is 1. The summed E-state index contributed by atoms with van der Waals surface area (Å²) in [5, 5.41) is 1.92. The number of alkyl halides is 1. The molecule has 0 aliphatic rings. The number of halogens is 3. The zero-order valence-electron chi connectivity index (χ0n) is 6.36. The van der Waals surface area contributed by atoms with Crippen LogP contribution >= 0.6 is 39.1 Å². The number of hydrogen-bond donors (Lipinski definition) is 0. The van der Waals surface area contributed by atoms with Gasteiger partial charge < -0.3 is 0 Å². The molecule has 0 aliphatic carbocycles. The Morgan fingerprint density at radius 3 is 2.33 bits per heavy atom. The highest BCUT2D eigenvalue weighted by atomic mass is 79.9. The summed E-state index contributed by atoms with van der Waals surface area (Å²) in [6.07, 6.45) is 2.06. The predicted molar refractivity (Wildman–Crippen MR) is 56.4 cm³/mol. The van der Waals surface area contributed by atoms with Crippen molar-refractivity contribution in [3.8, 4) is 0 Å². The van der Waals surface area contributed by atoms with E-state index in [2.05, 4.69) is 20.9 Å². The van der Waals surface area contributed by atoms with Gasteiger partial charge in [0.2, 0.25) is 0 Å². The van der Waals surface area contributed by atoms with E-state index in [9.17, 15) is 0 Å². The lowest BCUT2D eigenvalue weighted by Gasteiger charge is -2.00. The minimum Gasteiger partial charge on any atom is -0.224 e. The summed E-state index contributed by atoms with van der Waals surface area (Å²) in [6, 6.07) is 3.69. The average Bonchev–Trinajstić information content (AvgIpc) is 1.99. The highest BCUT2D eigenvalue weighted by molar-refractivity contribution is 9.09. The van der Waals surface area contributed by atoms with Crippen LogP contribution in [0.4, 0.5) is 0 Å². The quantitative estimate of drug-likeness (QED) is 0.602. The molecule has 0 aromatic carbocycles. The molecule has 12 heavy (non-hydrogen) atoms. The topological polar surface area (TPSA) is 12.9 Å². The zero-order valence-corrected chi connectivity index (χ0v) is 9.45. The van der Waals surface area contributed by atoms with E-state index >= 15 is 0 Å². The molecule has 1 nitrogen and oxygen atoms in total. The molecule has 0 bridgehead atoms. The van der Waals surface area contributed by atoms with E-state index in [-0.39, 0.29) is 0 Å². The number of rotatable bonds is 3. The maximum absolute atomic E-state index is 5.72. The van der Waals surface area contributed by atoms with Gasteiger partial charge in [0.1, 0.15) is 10.3 Å². The molecule has 0 radical (unpaired) electrons. The second-order valence-corrected chi connectivity index (χ2v) is 3.98. The van der Waals surface area contributed by atoms with Crippen LogP contribution in [-0.4, -0.2) is 10.3 Å². The molecule has 0 fully saturated rings.